The maximum absolute atomic E-state index is 4.72. The number of rotatable bonds is 1. The lowest BCUT2D eigenvalue weighted by Gasteiger charge is -2.00. The van der Waals surface area contributed by atoms with Gasteiger partial charge in [0, 0.05) is 6.20 Å². The number of aryl methyl sites for hydroxylation is 1. The molecule has 0 atom stereocenters. The third-order valence-electron chi connectivity index (χ3n) is 1.15. The topological polar surface area (TPSA) is 24.9 Å². The number of nitrogens with zero attached hydrogens (tertiary/aromatic N) is 1. The third-order valence-corrected chi connectivity index (χ3v) is 1.36. The summed E-state index contributed by atoms with van der Waals surface area (Å²) in [7, 11) is 0. The molecule has 0 fully saturated rings. The first-order valence-electron chi connectivity index (χ1n) is 3.11. The van der Waals surface area contributed by atoms with Crippen LogP contribution in [0.5, 0.6) is 0 Å². The van der Waals surface area contributed by atoms with Gasteiger partial charge in [-0.3, -0.25) is 0 Å². The van der Waals surface area contributed by atoms with Crippen molar-refractivity contribution in [2.75, 3.05) is 5.32 Å². The van der Waals surface area contributed by atoms with Crippen molar-refractivity contribution in [1.82, 2.24) is 4.98 Å². The molecule has 0 spiro atoms. The number of pyridine rings is 1. The van der Waals surface area contributed by atoms with E-state index in [1.807, 2.05) is 19.1 Å². The molecule has 58 valence electrons. The van der Waals surface area contributed by atoms with E-state index in [4.69, 9.17) is 12.2 Å². The van der Waals surface area contributed by atoms with E-state index >= 15 is 0 Å². The van der Waals surface area contributed by atoms with E-state index in [-0.39, 0.29) is 0 Å². The van der Waals surface area contributed by atoms with Gasteiger partial charge in [0.25, 0.3) is 0 Å². The Balaban J connectivity index is 2.74. The highest BCUT2D eigenvalue weighted by Gasteiger charge is 1.92. The number of thiol groups is 1. The van der Waals surface area contributed by atoms with E-state index in [0.717, 1.165) is 11.4 Å². The molecular weight excluding hydrogens is 176 g/mol. The molecule has 1 N–H and O–H groups in total. The Morgan fingerprint density at radius 3 is 2.82 bits per heavy atom. The second-order valence-electron chi connectivity index (χ2n) is 2.15. The number of thiocarbonyl (C=S) groups is 1. The second-order valence-corrected chi connectivity index (χ2v) is 3.31. The molecule has 0 aliphatic heterocycles. The molecule has 1 heterocycles. The smallest absolute Gasteiger partial charge is 0.136 e. The predicted octanol–water partition coefficient (Wildman–Crippen LogP) is 2.02. The second kappa shape index (κ2) is 3.69. The van der Waals surface area contributed by atoms with Gasteiger partial charge in [0.15, 0.2) is 0 Å². The summed E-state index contributed by atoms with van der Waals surface area (Å²) in [4.78, 5) is 4.07. The number of nitrogens with one attached hydrogen (secondary N) is 1. The van der Waals surface area contributed by atoms with Crippen LogP contribution in [0.25, 0.3) is 0 Å². The van der Waals surface area contributed by atoms with Crippen molar-refractivity contribution in [2.24, 2.45) is 0 Å². The summed E-state index contributed by atoms with van der Waals surface area (Å²) in [5.41, 5.74) is 1.13. The number of hydrogen-bond acceptors (Lipinski definition) is 2. The molecular formula is C7H8N2S2. The standard InChI is InChI=1S/C7H8N2S2/c1-5-2-3-6(8-4-5)9-7(10)11/h2-4H,1H3,(H2,8,9,10,11). The molecule has 1 rings (SSSR count). The van der Waals surface area contributed by atoms with E-state index in [9.17, 15) is 0 Å². The van der Waals surface area contributed by atoms with Crippen LogP contribution in [0.4, 0.5) is 5.82 Å². The minimum Gasteiger partial charge on any atom is -0.326 e. The Morgan fingerprint density at radius 2 is 2.36 bits per heavy atom. The van der Waals surface area contributed by atoms with Crippen molar-refractivity contribution in [3.63, 3.8) is 0 Å². The van der Waals surface area contributed by atoms with Gasteiger partial charge in [0.1, 0.15) is 10.1 Å². The maximum Gasteiger partial charge on any atom is 0.136 e. The molecule has 0 saturated carbocycles. The third kappa shape index (κ3) is 2.86. The summed E-state index contributed by atoms with van der Waals surface area (Å²) in [6.45, 7) is 1.98. The Kier molecular flexibility index (Phi) is 2.84. The zero-order valence-electron chi connectivity index (χ0n) is 6.03. The van der Waals surface area contributed by atoms with Gasteiger partial charge in [-0.25, -0.2) is 4.98 Å². The molecule has 1 aromatic heterocycles. The first kappa shape index (κ1) is 8.49. The zero-order chi connectivity index (χ0) is 8.27. The van der Waals surface area contributed by atoms with E-state index in [0.29, 0.717) is 4.32 Å². The first-order chi connectivity index (χ1) is 5.18. The molecule has 0 aromatic carbocycles. The van der Waals surface area contributed by atoms with Gasteiger partial charge in [0.2, 0.25) is 0 Å². The van der Waals surface area contributed by atoms with Crippen LogP contribution in [-0.2, 0) is 0 Å². The molecule has 4 heteroatoms. The van der Waals surface area contributed by atoms with E-state index in [1.165, 1.54) is 0 Å². The number of anilines is 1. The summed E-state index contributed by atoms with van der Waals surface area (Å²) >= 11 is 8.64. The highest BCUT2D eigenvalue weighted by molar-refractivity contribution is 8.11. The first-order valence-corrected chi connectivity index (χ1v) is 3.96. The average Bonchev–Trinajstić information content (AvgIpc) is 1.93. The largest absolute Gasteiger partial charge is 0.326 e. The van der Waals surface area contributed by atoms with E-state index in [2.05, 4.69) is 22.9 Å². The summed E-state index contributed by atoms with van der Waals surface area (Å²) in [6.07, 6.45) is 1.77. The Labute approximate surface area is 76.4 Å². The monoisotopic (exact) mass is 184 g/mol. The fourth-order valence-electron chi connectivity index (χ4n) is 0.651. The van der Waals surface area contributed by atoms with Crippen molar-refractivity contribution in [3.8, 4) is 0 Å². The van der Waals surface area contributed by atoms with Gasteiger partial charge in [-0.05, 0) is 18.6 Å². The Morgan fingerprint density at radius 1 is 1.64 bits per heavy atom. The van der Waals surface area contributed by atoms with Crippen LogP contribution in [0.2, 0.25) is 0 Å². The van der Waals surface area contributed by atoms with Crippen LogP contribution in [-0.4, -0.2) is 9.30 Å². The highest BCUT2D eigenvalue weighted by atomic mass is 32.1. The number of aromatic nitrogens is 1. The summed E-state index contributed by atoms with van der Waals surface area (Å²) < 4.78 is 0.432. The molecule has 0 aliphatic carbocycles. The van der Waals surface area contributed by atoms with Crippen LogP contribution >= 0.6 is 24.8 Å². The van der Waals surface area contributed by atoms with Crippen molar-refractivity contribution in [1.29, 1.82) is 0 Å². The summed E-state index contributed by atoms with van der Waals surface area (Å²) in [6, 6.07) is 3.82. The predicted molar refractivity (Wildman–Crippen MR) is 54.2 cm³/mol. The van der Waals surface area contributed by atoms with Crippen LogP contribution < -0.4 is 5.32 Å². The summed E-state index contributed by atoms with van der Waals surface area (Å²) in [5, 5.41) is 2.82. The van der Waals surface area contributed by atoms with Crippen molar-refractivity contribution >= 4 is 35.0 Å². The molecule has 2 nitrogen and oxygen atoms in total. The van der Waals surface area contributed by atoms with Crippen LogP contribution in [0, 0.1) is 6.92 Å². The van der Waals surface area contributed by atoms with Gasteiger partial charge in [0.05, 0.1) is 0 Å². The van der Waals surface area contributed by atoms with Crippen LogP contribution in [0.3, 0.4) is 0 Å². The lowest BCUT2D eigenvalue weighted by molar-refractivity contribution is 1.27. The van der Waals surface area contributed by atoms with Crippen LogP contribution in [0.15, 0.2) is 18.3 Å². The Bertz CT molecular complexity index is 256. The molecule has 0 bridgehead atoms. The van der Waals surface area contributed by atoms with Gasteiger partial charge >= 0.3 is 0 Å². The SMILES string of the molecule is Cc1ccc(NC(=S)S)nc1. The van der Waals surface area contributed by atoms with Crippen molar-refractivity contribution < 1.29 is 0 Å². The quantitative estimate of drug-likeness (QED) is 0.516. The van der Waals surface area contributed by atoms with E-state index < -0.39 is 0 Å². The normalized spacial score (nSPS) is 9.27. The molecule has 0 amide bonds. The fraction of sp³-hybridized carbons (Fsp3) is 0.143. The summed E-state index contributed by atoms with van der Waals surface area (Å²) in [5.74, 6) is 0.732. The highest BCUT2D eigenvalue weighted by Crippen LogP contribution is 2.04. The van der Waals surface area contributed by atoms with Gasteiger partial charge in [-0.1, -0.05) is 18.3 Å². The minimum atomic E-state index is 0.432. The van der Waals surface area contributed by atoms with Gasteiger partial charge in [-0.15, -0.1) is 12.6 Å². The lowest BCUT2D eigenvalue weighted by atomic mass is 10.3. The van der Waals surface area contributed by atoms with Crippen molar-refractivity contribution in [2.45, 2.75) is 6.92 Å². The zero-order valence-corrected chi connectivity index (χ0v) is 7.75. The molecule has 0 radical (unpaired) electrons. The molecule has 0 saturated heterocycles. The molecule has 0 unspecified atom stereocenters. The van der Waals surface area contributed by atoms with E-state index in [1.54, 1.807) is 6.20 Å². The number of hydrogen-bond donors (Lipinski definition) is 2. The molecule has 11 heavy (non-hydrogen) atoms. The minimum absolute atomic E-state index is 0.432. The van der Waals surface area contributed by atoms with Gasteiger partial charge < -0.3 is 5.32 Å². The fourth-order valence-corrected chi connectivity index (χ4v) is 0.870. The molecule has 1 aromatic rings. The van der Waals surface area contributed by atoms with Gasteiger partial charge in [-0.2, -0.15) is 0 Å². The Hall–Kier alpha value is -0.610. The maximum atomic E-state index is 4.72. The van der Waals surface area contributed by atoms with Crippen LogP contribution in [0.1, 0.15) is 5.56 Å². The molecule has 0 aliphatic rings. The lowest BCUT2D eigenvalue weighted by Crippen LogP contribution is -2.02. The average molecular weight is 184 g/mol. The van der Waals surface area contributed by atoms with Crippen molar-refractivity contribution in [3.05, 3.63) is 23.9 Å².